The van der Waals surface area contributed by atoms with Crippen LogP contribution in [-0.4, -0.2) is 4.98 Å². The van der Waals surface area contributed by atoms with Crippen LogP contribution in [0.5, 0.6) is 0 Å². The van der Waals surface area contributed by atoms with Gasteiger partial charge in [-0.15, -0.1) is 11.3 Å². The van der Waals surface area contributed by atoms with Crippen molar-refractivity contribution in [1.82, 2.24) is 4.98 Å². The summed E-state index contributed by atoms with van der Waals surface area (Å²) in [6.45, 7) is 0. The summed E-state index contributed by atoms with van der Waals surface area (Å²) in [5.41, 5.74) is 4.95. The Labute approximate surface area is 144 Å². The summed E-state index contributed by atoms with van der Waals surface area (Å²) in [5, 5.41) is 0. The SMILES string of the molecule is c1ccc(-c2ccc(CSc3nc4ccccc4s3)cc2)cc1. The van der Waals surface area contributed by atoms with E-state index in [0.717, 1.165) is 15.6 Å². The molecule has 4 aromatic rings. The summed E-state index contributed by atoms with van der Waals surface area (Å²) in [4.78, 5) is 4.67. The lowest BCUT2D eigenvalue weighted by atomic mass is 10.0. The number of thiazole rings is 1. The zero-order valence-corrected chi connectivity index (χ0v) is 14.1. The summed E-state index contributed by atoms with van der Waals surface area (Å²) >= 11 is 3.58. The normalized spacial score (nSPS) is 11.0. The number of fused-ring (bicyclic) bond motifs is 1. The largest absolute Gasteiger partial charge is 0.230 e. The molecule has 0 atom stereocenters. The van der Waals surface area contributed by atoms with E-state index in [-0.39, 0.29) is 0 Å². The molecule has 0 unspecified atom stereocenters. The second-order valence-electron chi connectivity index (χ2n) is 5.30. The lowest BCUT2D eigenvalue weighted by Gasteiger charge is -2.03. The fourth-order valence-electron chi connectivity index (χ4n) is 2.48. The first-order valence-corrected chi connectivity index (χ1v) is 9.31. The first kappa shape index (κ1) is 14.5. The van der Waals surface area contributed by atoms with Crippen LogP contribution in [0.2, 0.25) is 0 Å². The van der Waals surface area contributed by atoms with Crippen LogP contribution >= 0.6 is 23.1 Å². The Morgan fingerprint density at radius 2 is 1.43 bits per heavy atom. The van der Waals surface area contributed by atoms with Crippen LogP contribution in [0, 0.1) is 0 Å². The highest BCUT2D eigenvalue weighted by molar-refractivity contribution is 8.00. The van der Waals surface area contributed by atoms with E-state index < -0.39 is 0 Å². The number of nitrogens with zero attached hydrogens (tertiary/aromatic N) is 1. The smallest absolute Gasteiger partial charge is 0.151 e. The molecule has 0 saturated carbocycles. The predicted octanol–water partition coefficient (Wildman–Crippen LogP) is 6.26. The van der Waals surface area contributed by atoms with Crippen LogP contribution in [0.15, 0.2) is 83.2 Å². The van der Waals surface area contributed by atoms with Crippen molar-refractivity contribution in [2.24, 2.45) is 0 Å². The molecule has 0 bridgehead atoms. The number of benzene rings is 3. The van der Waals surface area contributed by atoms with E-state index in [1.807, 2.05) is 23.9 Å². The molecule has 0 spiro atoms. The lowest BCUT2D eigenvalue weighted by molar-refractivity contribution is 1.29. The molecule has 0 saturated heterocycles. The molecule has 0 N–H and O–H groups in total. The molecule has 3 aromatic carbocycles. The van der Waals surface area contributed by atoms with Gasteiger partial charge in [0.2, 0.25) is 0 Å². The van der Waals surface area contributed by atoms with Crippen LogP contribution in [0.4, 0.5) is 0 Å². The summed E-state index contributed by atoms with van der Waals surface area (Å²) < 4.78 is 2.40. The van der Waals surface area contributed by atoms with E-state index in [0.29, 0.717) is 0 Å². The predicted molar refractivity (Wildman–Crippen MR) is 101 cm³/mol. The molecule has 1 nitrogen and oxygen atoms in total. The molecule has 112 valence electrons. The Morgan fingerprint density at radius 1 is 0.739 bits per heavy atom. The zero-order chi connectivity index (χ0) is 15.5. The van der Waals surface area contributed by atoms with Crippen molar-refractivity contribution in [2.45, 2.75) is 10.1 Å². The van der Waals surface area contributed by atoms with Crippen molar-refractivity contribution in [3.05, 3.63) is 84.4 Å². The van der Waals surface area contributed by atoms with E-state index >= 15 is 0 Å². The lowest BCUT2D eigenvalue weighted by Crippen LogP contribution is -1.82. The highest BCUT2D eigenvalue weighted by atomic mass is 32.2. The fourth-order valence-corrected chi connectivity index (χ4v) is 4.51. The van der Waals surface area contributed by atoms with Crippen molar-refractivity contribution >= 4 is 33.3 Å². The average Bonchev–Trinajstić information content (AvgIpc) is 3.04. The Bertz CT molecular complexity index is 878. The number of aromatic nitrogens is 1. The first-order chi connectivity index (χ1) is 11.4. The monoisotopic (exact) mass is 333 g/mol. The summed E-state index contributed by atoms with van der Waals surface area (Å²) in [6, 6.07) is 27.6. The minimum absolute atomic E-state index is 0.953. The first-order valence-electron chi connectivity index (χ1n) is 7.51. The van der Waals surface area contributed by atoms with Gasteiger partial charge in [0, 0.05) is 5.75 Å². The van der Waals surface area contributed by atoms with Gasteiger partial charge in [-0.1, -0.05) is 78.5 Å². The minimum Gasteiger partial charge on any atom is -0.230 e. The molecule has 1 heterocycles. The van der Waals surface area contributed by atoms with Gasteiger partial charge in [0.05, 0.1) is 10.2 Å². The van der Waals surface area contributed by atoms with Gasteiger partial charge >= 0.3 is 0 Å². The average molecular weight is 333 g/mol. The summed E-state index contributed by atoms with van der Waals surface area (Å²) in [5.74, 6) is 0.953. The van der Waals surface area contributed by atoms with Crippen LogP contribution in [0.3, 0.4) is 0 Å². The van der Waals surface area contributed by atoms with Crippen molar-refractivity contribution in [1.29, 1.82) is 0 Å². The van der Waals surface area contributed by atoms with Crippen molar-refractivity contribution in [2.75, 3.05) is 0 Å². The van der Waals surface area contributed by atoms with Gasteiger partial charge in [-0.25, -0.2) is 4.98 Å². The third-order valence-corrected chi connectivity index (χ3v) is 5.95. The number of thioether (sulfide) groups is 1. The summed E-state index contributed by atoms with van der Waals surface area (Å²) in [7, 11) is 0. The number of hydrogen-bond acceptors (Lipinski definition) is 3. The zero-order valence-electron chi connectivity index (χ0n) is 12.5. The molecule has 1 aromatic heterocycles. The molecule has 0 radical (unpaired) electrons. The van der Waals surface area contributed by atoms with Gasteiger partial charge in [0.15, 0.2) is 4.34 Å². The highest BCUT2D eigenvalue weighted by Crippen LogP contribution is 2.31. The van der Waals surface area contributed by atoms with Crippen molar-refractivity contribution in [3.8, 4) is 11.1 Å². The molecular formula is C20H15NS2. The minimum atomic E-state index is 0.953. The van der Waals surface area contributed by atoms with Gasteiger partial charge in [-0.05, 0) is 28.8 Å². The van der Waals surface area contributed by atoms with Crippen LogP contribution < -0.4 is 0 Å². The standard InChI is InChI=1S/C20H15NS2/c1-2-6-16(7-3-1)17-12-10-15(11-13-17)14-22-20-21-18-8-4-5-9-19(18)23-20/h1-13H,14H2. The molecule has 23 heavy (non-hydrogen) atoms. The molecule has 0 aliphatic carbocycles. The molecular weight excluding hydrogens is 318 g/mol. The van der Waals surface area contributed by atoms with E-state index in [2.05, 4.69) is 71.7 Å². The van der Waals surface area contributed by atoms with Crippen molar-refractivity contribution in [3.63, 3.8) is 0 Å². The molecule has 0 amide bonds. The maximum absolute atomic E-state index is 4.67. The van der Waals surface area contributed by atoms with E-state index in [1.165, 1.54) is 21.4 Å². The van der Waals surface area contributed by atoms with E-state index in [1.54, 1.807) is 11.3 Å². The van der Waals surface area contributed by atoms with Gasteiger partial charge in [-0.2, -0.15) is 0 Å². The van der Waals surface area contributed by atoms with Gasteiger partial charge < -0.3 is 0 Å². The maximum atomic E-state index is 4.67. The van der Waals surface area contributed by atoms with Gasteiger partial charge in [0.1, 0.15) is 0 Å². The van der Waals surface area contributed by atoms with Crippen LogP contribution in [-0.2, 0) is 5.75 Å². The van der Waals surface area contributed by atoms with Gasteiger partial charge in [0.25, 0.3) is 0 Å². The quantitative estimate of drug-likeness (QED) is 0.409. The maximum Gasteiger partial charge on any atom is 0.151 e. The van der Waals surface area contributed by atoms with Gasteiger partial charge in [-0.3, -0.25) is 0 Å². The molecule has 0 aliphatic heterocycles. The van der Waals surface area contributed by atoms with Crippen LogP contribution in [0.25, 0.3) is 21.3 Å². The number of rotatable bonds is 4. The summed E-state index contributed by atoms with van der Waals surface area (Å²) in [6.07, 6.45) is 0. The second-order valence-corrected chi connectivity index (χ2v) is 7.55. The second kappa shape index (κ2) is 6.57. The third-order valence-electron chi connectivity index (χ3n) is 3.70. The highest BCUT2D eigenvalue weighted by Gasteiger charge is 2.04. The molecule has 0 aliphatic rings. The van der Waals surface area contributed by atoms with Crippen LogP contribution in [0.1, 0.15) is 5.56 Å². The Balaban J connectivity index is 1.47. The Hall–Kier alpha value is -2.10. The topological polar surface area (TPSA) is 12.9 Å². The Morgan fingerprint density at radius 3 is 2.22 bits per heavy atom. The Kier molecular flexibility index (Phi) is 4.14. The molecule has 3 heteroatoms. The molecule has 4 rings (SSSR count). The number of hydrogen-bond donors (Lipinski definition) is 0. The number of para-hydroxylation sites is 1. The third kappa shape index (κ3) is 3.31. The van der Waals surface area contributed by atoms with Crippen molar-refractivity contribution < 1.29 is 0 Å². The van der Waals surface area contributed by atoms with E-state index in [4.69, 9.17) is 0 Å². The van der Waals surface area contributed by atoms with E-state index in [9.17, 15) is 0 Å². The fraction of sp³-hybridized carbons (Fsp3) is 0.0500. The molecule has 0 fully saturated rings.